The second-order valence-corrected chi connectivity index (χ2v) is 5.49. The number of hydrogen-bond acceptors (Lipinski definition) is 3. The first-order chi connectivity index (χ1) is 11.8. The third-order valence-corrected chi connectivity index (χ3v) is 3.91. The Kier molecular flexibility index (Phi) is 5.56. The maximum absolute atomic E-state index is 13.5. The highest BCUT2D eigenvalue weighted by atomic mass is 19.2. The van der Waals surface area contributed by atoms with Crippen molar-refractivity contribution in [2.24, 2.45) is 0 Å². The lowest BCUT2D eigenvalue weighted by molar-refractivity contribution is 0.0525. The topological polar surface area (TPSA) is 62.4 Å². The van der Waals surface area contributed by atoms with Gasteiger partial charge in [-0.3, -0.25) is 4.79 Å². The lowest BCUT2D eigenvalue weighted by atomic mass is 10.1. The van der Waals surface area contributed by atoms with Crippen molar-refractivity contribution in [1.29, 1.82) is 0 Å². The Labute approximate surface area is 144 Å². The molecule has 0 aliphatic carbocycles. The van der Waals surface area contributed by atoms with Gasteiger partial charge < -0.3 is 14.6 Å². The van der Waals surface area contributed by atoms with Crippen molar-refractivity contribution >= 4 is 17.6 Å². The zero-order valence-electron chi connectivity index (χ0n) is 14.6. The molecule has 0 saturated carbocycles. The molecule has 0 spiro atoms. The first-order valence-electron chi connectivity index (χ1n) is 7.94. The molecule has 2 aromatic rings. The molecule has 0 fully saturated rings. The van der Waals surface area contributed by atoms with Crippen LogP contribution in [0.15, 0.2) is 18.2 Å². The van der Waals surface area contributed by atoms with Crippen LogP contribution in [-0.4, -0.2) is 30.0 Å². The Morgan fingerprint density at radius 3 is 2.40 bits per heavy atom. The fraction of sp³-hybridized carbons (Fsp3) is 0.333. The van der Waals surface area contributed by atoms with Crippen molar-refractivity contribution in [3.05, 3.63) is 52.3 Å². The van der Waals surface area contributed by atoms with Gasteiger partial charge in [0.1, 0.15) is 5.69 Å². The number of nitrogens with one attached hydrogen (secondary N) is 1. The zero-order chi connectivity index (χ0) is 18.7. The molecule has 0 unspecified atom stereocenters. The monoisotopic (exact) mass is 350 g/mol. The van der Waals surface area contributed by atoms with Crippen LogP contribution in [0.25, 0.3) is 0 Å². The first-order valence-corrected chi connectivity index (χ1v) is 7.94. The Hall–Kier alpha value is -2.70. The highest BCUT2D eigenvalue weighted by Gasteiger charge is 2.26. The van der Waals surface area contributed by atoms with Crippen molar-refractivity contribution in [1.82, 2.24) is 4.98 Å². The molecule has 5 nitrogen and oxygen atoms in total. The number of aryl methyl sites for hydroxylation is 1. The maximum atomic E-state index is 13.5. The number of hydrogen-bond donors (Lipinski definition) is 1. The minimum atomic E-state index is -1.03. The fourth-order valence-corrected chi connectivity index (χ4v) is 2.70. The van der Waals surface area contributed by atoms with E-state index >= 15 is 0 Å². The molecule has 1 aromatic carbocycles. The van der Waals surface area contributed by atoms with E-state index in [1.54, 1.807) is 27.7 Å². The van der Waals surface area contributed by atoms with Gasteiger partial charge in [0.25, 0.3) is 5.91 Å². The van der Waals surface area contributed by atoms with Crippen molar-refractivity contribution < 1.29 is 23.1 Å². The molecule has 0 radical (unpaired) electrons. The Balaban J connectivity index is 2.43. The number of anilines is 1. The summed E-state index contributed by atoms with van der Waals surface area (Å²) in [6, 6.07) is 3.27. The summed E-state index contributed by atoms with van der Waals surface area (Å²) in [5, 5.41) is 0. The van der Waals surface area contributed by atoms with E-state index in [0.29, 0.717) is 16.8 Å². The highest BCUT2D eigenvalue weighted by molar-refractivity contribution is 6.08. The highest BCUT2D eigenvalue weighted by Crippen LogP contribution is 2.24. The predicted molar refractivity (Wildman–Crippen MR) is 89.9 cm³/mol. The maximum Gasteiger partial charge on any atom is 0.340 e. The molecule has 0 aliphatic heterocycles. The van der Waals surface area contributed by atoms with Crippen LogP contribution in [0.2, 0.25) is 0 Å². The minimum Gasteiger partial charge on any atom is -0.462 e. The summed E-state index contributed by atoms with van der Waals surface area (Å²) in [4.78, 5) is 29.1. The standard InChI is InChI=1S/C18H20F2N2O3/c1-5-22(12-7-8-13(19)14(20)9-12)17(23)16-10(3)15(11(4)21-16)18(24)25-6-2/h7-9,21H,5-6H2,1-4H3. The molecule has 0 saturated heterocycles. The van der Waals surface area contributed by atoms with Gasteiger partial charge in [-0.15, -0.1) is 0 Å². The van der Waals surface area contributed by atoms with Crippen LogP contribution in [0.4, 0.5) is 14.5 Å². The van der Waals surface area contributed by atoms with Gasteiger partial charge in [-0.05, 0) is 45.4 Å². The second-order valence-electron chi connectivity index (χ2n) is 5.49. The van der Waals surface area contributed by atoms with Gasteiger partial charge in [-0.1, -0.05) is 0 Å². The molecule has 134 valence electrons. The lowest BCUT2D eigenvalue weighted by Gasteiger charge is -2.21. The summed E-state index contributed by atoms with van der Waals surface area (Å²) in [5.41, 5.74) is 1.73. The van der Waals surface area contributed by atoms with Gasteiger partial charge in [-0.25, -0.2) is 13.6 Å². The molecular weight excluding hydrogens is 330 g/mol. The molecule has 2 rings (SSSR count). The number of aromatic amines is 1. The van der Waals surface area contributed by atoms with Crippen molar-refractivity contribution in [2.45, 2.75) is 27.7 Å². The second kappa shape index (κ2) is 7.46. The van der Waals surface area contributed by atoms with E-state index in [4.69, 9.17) is 4.74 Å². The summed E-state index contributed by atoms with van der Waals surface area (Å²) in [6.45, 7) is 7.20. The third kappa shape index (κ3) is 3.55. The Morgan fingerprint density at radius 1 is 1.16 bits per heavy atom. The summed E-state index contributed by atoms with van der Waals surface area (Å²) < 4.78 is 31.6. The molecule has 0 aliphatic rings. The van der Waals surface area contributed by atoms with Crippen molar-refractivity contribution in [3.8, 4) is 0 Å². The first kappa shape index (κ1) is 18.6. The molecular formula is C18H20F2N2O3. The van der Waals surface area contributed by atoms with Gasteiger partial charge in [-0.2, -0.15) is 0 Å². The van der Waals surface area contributed by atoms with Gasteiger partial charge in [0.15, 0.2) is 11.6 Å². The number of H-pyrrole nitrogens is 1. The van der Waals surface area contributed by atoms with Crippen LogP contribution in [-0.2, 0) is 4.74 Å². The summed E-state index contributed by atoms with van der Waals surface area (Å²) >= 11 is 0. The molecule has 0 bridgehead atoms. The van der Waals surface area contributed by atoms with Gasteiger partial charge >= 0.3 is 5.97 Å². The van der Waals surface area contributed by atoms with Crippen LogP contribution in [0.5, 0.6) is 0 Å². The summed E-state index contributed by atoms with van der Waals surface area (Å²) in [5.74, 6) is -2.97. The van der Waals surface area contributed by atoms with Gasteiger partial charge in [0, 0.05) is 24.0 Å². The number of carbonyl (C=O) groups is 2. The number of rotatable bonds is 5. The SMILES string of the molecule is CCOC(=O)c1c(C)[nH]c(C(=O)N(CC)c2ccc(F)c(F)c2)c1C. The summed E-state index contributed by atoms with van der Waals surface area (Å²) in [7, 11) is 0. The van der Waals surface area contributed by atoms with Crippen LogP contribution in [0.1, 0.15) is 46.0 Å². The molecule has 1 aromatic heterocycles. The fourth-order valence-electron chi connectivity index (χ4n) is 2.70. The lowest BCUT2D eigenvalue weighted by Crippen LogP contribution is -2.31. The number of amides is 1. The van der Waals surface area contributed by atoms with Gasteiger partial charge in [0.2, 0.25) is 0 Å². The molecule has 1 amide bonds. The van der Waals surface area contributed by atoms with E-state index in [0.717, 1.165) is 12.1 Å². The van der Waals surface area contributed by atoms with Crippen molar-refractivity contribution in [2.75, 3.05) is 18.1 Å². The van der Waals surface area contributed by atoms with Crippen molar-refractivity contribution in [3.63, 3.8) is 0 Å². The number of aromatic nitrogens is 1. The zero-order valence-corrected chi connectivity index (χ0v) is 14.6. The van der Waals surface area contributed by atoms with E-state index in [1.165, 1.54) is 11.0 Å². The summed E-state index contributed by atoms with van der Waals surface area (Å²) in [6.07, 6.45) is 0. The molecule has 0 atom stereocenters. The molecule has 1 N–H and O–H groups in total. The quantitative estimate of drug-likeness (QED) is 0.836. The minimum absolute atomic E-state index is 0.215. The number of ether oxygens (including phenoxy) is 1. The van der Waals surface area contributed by atoms with E-state index in [9.17, 15) is 18.4 Å². The smallest absolute Gasteiger partial charge is 0.340 e. The van der Waals surface area contributed by atoms with E-state index in [-0.39, 0.29) is 24.5 Å². The molecule has 25 heavy (non-hydrogen) atoms. The van der Waals surface area contributed by atoms with E-state index < -0.39 is 23.5 Å². The Bertz CT molecular complexity index is 815. The number of carbonyl (C=O) groups excluding carboxylic acids is 2. The third-order valence-electron chi connectivity index (χ3n) is 3.91. The van der Waals surface area contributed by atoms with Crippen LogP contribution >= 0.6 is 0 Å². The predicted octanol–water partition coefficient (Wildman–Crippen LogP) is 3.75. The number of halogens is 2. The number of nitrogens with zero attached hydrogens (tertiary/aromatic N) is 1. The largest absolute Gasteiger partial charge is 0.462 e. The van der Waals surface area contributed by atoms with E-state index in [2.05, 4.69) is 4.98 Å². The van der Waals surface area contributed by atoms with Crippen LogP contribution < -0.4 is 4.90 Å². The van der Waals surface area contributed by atoms with Crippen LogP contribution in [0.3, 0.4) is 0 Å². The number of benzene rings is 1. The molecule has 7 heteroatoms. The molecule has 1 heterocycles. The van der Waals surface area contributed by atoms with Gasteiger partial charge in [0.05, 0.1) is 12.2 Å². The number of esters is 1. The average molecular weight is 350 g/mol. The Morgan fingerprint density at radius 2 is 1.84 bits per heavy atom. The normalized spacial score (nSPS) is 10.6. The van der Waals surface area contributed by atoms with Crippen LogP contribution in [0, 0.1) is 25.5 Å². The average Bonchev–Trinajstić information content (AvgIpc) is 2.86. The van der Waals surface area contributed by atoms with E-state index in [1.807, 2.05) is 0 Å².